The second-order valence-corrected chi connectivity index (χ2v) is 6.76. The number of rotatable bonds is 3. The number of anilines is 1. The molecule has 1 aromatic heterocycles. The Bertz CT molecular complexity index is 833. The van der Waals surface area contributed by atoms with Crippen LogP contribution < -0.4 is 10.2 Å². The number of hydrogen-bond donors (Lipinski definition) is 1. The molecule has 1 atom stereocenters. The van der Waals surface area contributed by atoms with Gasteiger partial charge in [0.25, 0.3) is 5.91 Å². The highest BCUT2D eigenvalue weighted by Crippen LogP contribution is 2.22. The average molecular weight is 357 g/mol. The van der Waals surface area contributed by atoms with Crippen molar-refractivity contribution in [3.05, 3.63) is 41.7 Å². The van der Waals surface area contributed by atoms with Gasteiger partial charge in [-0.25, -0.2) is 4.39 Å². The molecule has 2 amide bonds. The lowest BCUT2D eigenvalue weighted by molar-refractivity contribution is -0.117. The van der Waals surface area contributed by atoms with E-state index in [1.807, 2.05) is 4.57 Å². The third-order valence-corrected chi connectivity index (χ3v) is 4.91. The van der Waals surface area contributed by atoms with Gasteiger partial charge in [-0.1, -0.05) is 6.42 Å². The van der Waals surface area contributed by atoms with E-state index in [1.54, 1.807) is 17.0 Å². The van der Waals surface area contributed by atoms with E-state index in [-0.39, 0.29) is 30.1 Å². The van der Waals surface area contributed by atoms with Crippen molar-refractivity contribution in [3.8, 4) is 0 Å². The van der Waals surface area contributed by atoms with Crippen LogP contribution >= 0.6 is 0 Å². The summed E-state index contributed by atoms with van der Waals surface area (Å²) in [6.45, 7) is 1.10. The summed E-state index contributed by atoms with van der Waals surface area (Å²) in [5.41, 5.74) is 0.629. The smallest absolute Gasteiger partial charge is 0.289 e. The molecular weight excluding hydrogens is 337 g/mol. The van der Waals surface area contributed by atoms with Crippen molar-refractivity contribution >= 4 is 17.5 Å². The summed E-state index contributed by atoms with van der Waals surface area (Å²) in [7, 11) is 0. The minimum atomic E-state index is -0.349. The Morgan fingerprint density at radius 2 is 1.96 bits per heavy atom. The van der Waals surface area contributed by atoms with Crippen molar-refractivity contribution in [1.82, 2.24) is 20.1 Å². The van der Waals surface area contributed by atoms with Crippen LogP contribution in [0.2, 0.25) is 0 Å². The molecule has 2 aliphatic heterocycles. The number of nitrogens with one attached hydrogen (secondary N) is 1. The standard InChI is InChI=1S/C18H20FN5O2/c19-12-5-7-14(8-6-12)24-11-13(10-16(24)25)20-18(26)17-22-21-15-4-2-1-3-9-23(15)17/h5-8,13H,1-4,9-11H2,(H,20,26)/t13-/m0/s1. The molecule has 1 N–H and O–H groups in total. The van der Waals surface area contributed by atoms with Crippen LogP contribution in [-0.4, -0.2) is 39.2 Å². The summed E-state index contributed by atoms with van der Waals surface area (Å²) >= 11 is 0. The van der Waals surface area contributed by atoms with Crippen LogP contribution in [0.15, 0.2) is 24.3 Å². The molecule has 2 aromatic rings. The minimum Gasteiger partial charge on any atom is -0.344 e. The van der Waals surface area contributed by atoms with Crippen molar-refractivity contribution in [3.63, 3.8) is 0 Å². The largest absolute Gasteiger partial charge is 0.344 e. The highest BCUT2D eigenvalue weighted by molar-refractivity contribution is 5.98. The summed E-state index contributed by atoms with van der Waals surface area (Å²) in [5, 5.41) is 11.1. The first-order valence-electron chi connectivity index (χ1n) is 8.90. The summed E-state index contributed by atoms with van der Waals surface area (Å²) in [4.78, 5) is 26.5. The lowest BCUT2D eigenvalue weighted by Crippen LogP contribution is -2.38. The molecular formula is C18H20FN5O2. The fourth-order valence-corrected chi connectivity index (χ4v) is 3.58. The molecule has 26 heavy (non-hydrogen) atoms. The molecule has 3 heterocycles. The Kier molecular flexibility index (Phi) is 4.40. The predicted molar refractivity (Wildman–Crippen MR) is 92.2 cm³/mol. The second-order valence-electron chi connectivity index (χ2n) is 6.76. The maximum absolute atomic E-state index is 13.1. The van der Waals surface area contributed by atoms with E-state index < -0.39 is 0 Å². The second kappa shape index (κ2) is 6.86. The van der Waals surface area contributed by atoms with Gasteiger partial charge >= 0.3 is 0 Å². The first-order chi connectivity index (χ1) is 12.6. The van der Waals surface area contributed by atoms with Crippen LogP contribution in [0.1, 0.15) is 42.1 Å². The SMILES string of the molecule is O=C(N[C@H]1CC(=O)N(c2ccc(F)cc2)C1)c1nnc2n1CCCCC2. The van der Waals surface area contributed by atoms with Gasteiger partial charge in [0.15, 0.2) is 0 Å². The first kappa shape index (κ1) is 16.7. The van der Waals surface area contributed by atoms with Gasteiger partial charge in [-0.15, -0.1) is 10.2 Å². The molecule has 7 nitrogen and oxygen atoms in total. The predicted octanol–water partition coefficient (Wildman–Crippen LogP) is 1.68. The van der Waals surface area contributed by atoms with Gasteiger partial charge in [0.2, 0.25) is 11.7 Å². The zero-order valence-electron chi connectivity index (χ0n) is 14.3. The molecule has 0 bridgehead atoms. The number of aromatic nitrogens is 3. The number of aryl methyl sites for hydroxylation is 1. The Morgan fingerprint density at radius 3 is 2.77 bits per heavy atom. The molecule has 1 aromatic carbocycles. The van der Waals surface area contributed by atoms with Crippen LogP contribution in [0.5, 0.6) is 0 Å². The van der Waals surface area contributed by atoms with Crippen molar-refractivity contribution in [2.45, 2.75) is 44.7 Å². The number of amides is 2. The van der Waals surface area contributed by atoms with E-state index in [4.69, 9.17) is 0 Å². The number of hydrogen-bond acceptors (Lipinski definition) is 4. The molecule has 0 saturated carbocycles. The lowest BCUT2D eigenvalue weighted by Gasteiger charge is -2.17. The maximum atomic E-state index is 13.1. The van der Waals surface area contributed by atoms with Crippen LogP contribution in [0.4, 0.5) is 10.1 Å². The van der Waals surface area contributed by atoms with Crippen molar-refractivity contribution in [2.24, 2.45) is 0 Å². The highest BCUT2D eigenvalue weighted by atomic mass is 19.1. The number of halogens is 1. The van der Waals surface area contributed by atoms with E-state index in [9.17, 15) is 14.0 Å². The summed E-state index contributed by atoms with van der Waals surface area (Å²) in [5.74, 6) is 0.418. The van der Waals surface area contributed by atoms with Gasteiger partial charge < -0.3 is 14.8 Å². The van der Waals surface area contributed by atoms with Crippen molar-refractivity contribution < 1.29 is 14.0 Å². The van der Waals surface area contributed by atoms with Gasteiger partial charge in [-0.2, -0.15) is 0 Å². The topological polar surface area (TPSA) is 80.1 Å². The van der Waals surface area contributed by atoms with Gasteiger partial charge in [0.05, 0.1) is 6.04 Å². The Balaban J connectivity index is 1.45. The van der Waals surface area contributed by atoms with E-state index in [0.717, 1.165) is 38.1 Å². The molecule has 4 rings (SSSR count). The first-order valence-corrected chi connectivity index (χ1v) is 8.90. The number of nitrogens with zero attached hydrogens (tertiary/aromatic N) is 4. The fourth-order valence-electron chi connectivity index (χ4n) is 3.58. The Morgan fingerprint density at radius 1 is 1.15 bits per heavy atom. The number of carbonyl (C=O) groups is 2. The van der Waals surface area contributed by atoms with Crippen molar-refractivity contribution in [2.75, 3.05) is 11.4 Å². The molecule has 1 saturated heterocycles. The molecule has 0 spiro atoms. The van der Waals surface area contributed by atoms with Crippen LogP contribution in [0, 0.1) is 5.82 Å². The monoisotopic (exact) mass is 357 g/mol. The molecule has 8 heteroatoms. The normalized spacial score (nSPS) is 20.0. The zero-order valence-corrected chi connectivity index (χ0v) is 14.3. The average Bonchev–Trinajstić information content (AvgIpc) is 3.11. The minimum absolute atomic E-state index is 0.0954. The summed E-state index contributed by atoms with van der Waals surface area (Å²) in [6.07, 6.45) is 4.23. The van der Waals surface area contributed by atoms with Gasteiger partial charge in [0.1, 0.15) is 11.6 Å². The number of carbonyl (C=O) groups excluding carboxylic acids is 2. The van der Waals surface area contributed by atoms with Crippen molar-refractivity contribution in [1.29, 1.82) is 0 Å². The molecule has 1 fully saturated rings. The third-order valence-electron chi connectivity index (χ3n) is 4.91. The molecule has 0 radical (unpaired) electrons. The van der Waals surface area contributed by atoms with Crippen LogP contribution in [-0.2, 0) is 17.8 Å². The molecule has 2 aliphatic rings. The third kappa shape index (κ3) is 3.18. The van der Waals surface area contributed by atoms with E-state index in [0.29, 0.717) is 18.1 Å². The quantitative estimate of drug-likeness (QED) is 0.906. The zero-order chi connectivity index (χ0) is 18.1. The number of benzene rings is 1. The number of fused-ring (bicyclic) bond motifs is 1. The van der Waals surface area contributed by atoms with E-state index in [2.05, 4.69) is 15.5 Å². The van der Waals surface area contributed by atoms with Gasteiger partial charge in [0, 0.05) is 31.6 Å². The van der Waals surface area contributed by atoms with Crippen LogP contribution in [0.3, 0.4) is 0 Å². The van der Waals surface area contributed by atoms with E-state index >= 15 is 0 Å². The summed E-state index contributed by atoms with van der Waals surface area (Å²) in [6, 6.07) is 5.46. The molecule has 0 unspecified atom stereocenters. The fraction of sp³-hybridized carbons (Fsp3) is 0.444. The van der Waals surface area contributed by atoms with Crippen LogP contribution in [0.25, 0.3) is 0 Å². The lowest BCUT2D eigenvalue weighted by atomic mass is 10.2. The Labute approximate surface area is 150 Å². The molecule has 0 aliphatic carbocycles. The Hall–Kier alpha value is -2.77. The summed E-state index contributed by atoms with van der Waals surface area (Å²) < 4.78 is 15.0. The van der Waals surface area contributed by atoms with E-state index in [1.165, 1.54) is 12.1 Å². The molecule has 136 valence electrons. The maximum Gasteiger partial charge on any atom is 0.289 e. The van der Waals surface area contributed by atoms with Gasteiger partial charge in [-0.05, 0) is 37.1 Å². The highest BCUT2D eigenvalue weighted by Gasteiger charge is 2.33. The van der Waals surface area contributed by atoms with Gasteiger partial charge in [-0.3, -0.25) is 9.59 Å².